The van der Waals surface area contributed by atoms with Crippen LogP contribution in [-0.2, 0) is 9.59 Å². The minimum atomic E-state index is -1.01. The number of carbonyl (C=O) groups is 3. The SMILES string of the molecule is O=C(NNC(=O)[C@H]1CC=CC[C@@H]1C(=O)O)c1ccncc1. The topological polar surface area (TPSA) is 108 Å². The molecule has 0 fully saturated rings. The minimum absolute atomic E-state index is 0.311. The van der Waals surface area contributed by atoms with Crippen LogP contribution in [0.5, 0.6) is 0 Å². The van der Waals surface area contributed by atoms with Crippen molar-refractivity contribution in [3.8, 4) is 0 Å². The number of hydrogen-bond acceptors (Lipinski definition) is 4. The number of aliphatic carboxylic acids is 1. The molecule has 0 radical (unpaired) electrons. The molecule has 7 heteroatoms. The van der Waals surface area contributed by atoms with Crippen LogP contribution in [0.2, 0.25) is 0 Å². The summed E-state index contributed by atoms with van der Waals surface area (Å²) in [6.07, 6.45) is 7.10. The van der Waals surface area contributed by atoms with Crippen molar-refractivity contribution in [1.29, 1.82) is 0 Å². The fraction of sp³-hybridized carbons (Fsp3) is 0.286. The average molecular weight is 289 g/mol. The summed E-state index contributed by atoms with van der Waals surface area (Å²) in [4.78, 5) is 38.7. The lowest BCUT2D eigenvalue weighted by molar-refractivity contribution is -0.147. The van der Waals surface area contributed by atoms with Gasteiger partial charge in [0.05, 0.1) is 11.8 Å². The number of carboxylic acids is 1. The van der Waals surface area contributed by atoms with Crippen LogP contribution in [0, 0.1) is 11.8 Å². The third-order valence-electron chi connectivity index (χ3n) is 3.33. The molecule has 0 bridgehead atoms. The van der Waals surface area contributed by atoms with Crippen LogP contribution in [-0.4, -0.2) is 27.9 Å². The third kappa shape index (κ3) is 3.65. The van der Waals surface area contributed by atoms with Crippen LogP contribution in [0.3, 0.4) is 0 Å². The Kier molecular flexibility index (Phi) is 4.65. The molecule has 2 amide bonds. The van der Waals surface area contributed by atoms with Crippen molar-refractivity contribution >= 4 is 17.8 Å². The molecule has 1 aromatic heterocycles. The highest BCUT2D eigenvalue weighted by Gasteiger charge is 2.34. The summed E-state index contributed by atoms with van der Waals surface area (Å²) >= 11 is 0. The molecule has 0 saturated carbocycles. The van der Waals surface area contributed by atoms with Crippen LogP contribution >= 0.6 is 0 Å². The fourth-order valence-electron chi connectivity index (χ4n) is 2.16. The molecule has 1 aliphatic rings. The first kappa shape index (κ1) is 14.7. The van der Waals surface area contributed by atoms with E-state index < -0.39 is 29.6 Å². The molecule has 1 heterocycles. The molecule has 1 aromatic rings. The van der Waals surface area contributed by atoms with E-state index in [0.29, 0.717) is 18.4 Å². The number of carboxylic acid groups (broad SMARTS) is 1. The molecule has 0 saturated heterocycles. The van der Waals surface area contributed by atoms with Crippen molar-refractivity contribution in [2.45, 2.75) is 12.8 Å². The Labute approximate surface area is 121 Å². The Bertz CT molecular complexity index is 571. The van der Waals surface area contributed by atoms with E-state index in [2.05, 4.69) is 15.8 Å². The van der Waals surface area contributed by atoms with Gasteiger partial charge in [0, 0.05) is 18.0 Å². The molecule has 0 aliphatic heterocycles. The first-order chi connectivity index (χ1) is 10.1. The highest BCUT2D eigenvalue weighted by atomic mass is 16.4. The molecule has 2 rings (SSSR count). The summed E-state index contributed by atoms with van der Waals surface area (Å²) in [6.45, 7) is 0. The second kappa shape index (κ2) is 6.65. The number of pyridine rings is 1. The first-order valence-electron chi connectivity index (χ1n) is 6.47. The van der Waals surface area contributed by atoms with Crippen molar-refractivity contribution in [3.63, 3.8) is 0 Å². The van der Waals surface area contributed by atoms with E-state index in [1.54, 1.807) is 12.2 Å². The highest BCUT2D eigenvalue weighted by molar-refractivity contribution is 5.95. The highest BCUT2D eigenvalue weighted by Crippen LogP contribution is 2.25. The van der Waals surface area contributed by atoms with Crippen molar-refractivity contribution < 1.29 is 19.5 Å². The normalized spacial score (nSPS) is 20.6. The summed E-state index contributed by atoms with van der Waals surface area (Å²) in [5, 5.41) is 9.10. The monoisotopic (exact) mass is 289 g/mol. The predicted molar refractivity (Wildman–Crippen MR) is 72.8 cm³/mol. The largest absolute Gasteiger partial charge is 0.481 e. The number of allylic oxidation sites excluding steroid dienone is 2. The van der Waals surface area contributed by atoms with Gasteiger partial charge in [-0.15, -0.1) is 0 Å². The Hall–Kier alpha value is -2.70. The third-order valence-corrected chi connectivity index (χ3v) is 3.33. The van der Waals surface area contributed by atoms with Gasteiger partial charge in [0.15, 0.2) is 0 Å². The molecule has 0 spiro atoms. The van der Waals surface area contributed by atoms with Gasteiger partial charge in [-0.25, -0.2) is 0 Å². The van der Waals surface area contributed by atoms with E-state index in [-0.39, 0.29) is 0 Å². The van der Waals surface area contributed by atoms with Crippen LogP contribution in [0.15, 0.2) is 36.7 Å². The zero-order valence-corrected chi connectivity index (χ0v) is 11.2. The molecule has 2 atom stereocenters. The summed E-state index contributed by atoms with van der Waals surface area (Å²) < 4.78 is 0. The van der Waals surface area contributed by atoms with Crippen LogP contribution in [0.4, 0.5) is 0 Å². The number of hydrazine groups is 1. The number of rotatable bonds is 3. The number of aromatic nitrogens is 1. The van der Waals surface area contributed by atoms with Crippen LogP contribution in [0.25, 0.3) is 0 Å². The maximum atomic E-state index is 12.0. The van der Waals surface area contributed by atoms with Gasteiger partial charge in [-0.3, -0.25) is 30.2 Å². The van der Waals surface area contributed by atoms with E-state index in [4.69, 9.17) is 5.11 Å². The standard InChI is InChI=1S/C14H15N3O4/c18-12(9-5-7-15-8-6-9)16-17-13(19)10-3-1-2-4-11(10)14(20)21/h1-2,5-8,10-11H,3-4H2,(H,16,18)(H,17,19)(H,20,21)/t10-,11-/m0/s1. The zero-order valence-electron chi connectivity index (χ0n) is 11.2. The molecular weight excluding hydrogens is 274 g/mol. The van der Waals surface area contributed by atoms with E-state index in [1.165, 1.54) is 24.5 Å². The molecule has 110 valence electrons. The van der Waals surface area contributed by atoms with Crippen LogP contribution < -0.4 is 10.9 Å². The summed E-state index contributed by atoms with van der Waals surface area (Å²) in [6, 6.07) is 3.01. The quantitative estimate of drug-likeness (QED) is 0.555. The van der Waals surface area contributed by atoms with Gasteiger partial charge < -0.3 is 5.11 Å². The number of nitrogens with one attached hydrogen (secondary N) is 2. The zero-order chi connectivity index (χ0) is 15.2. The van der Waals surface area contributed by atoms with Gasteiger partial charge in [-0.2, -0.15) is 0 Å². The Morgan fingerprint density at radius 3 is 2.29 bits per heavy atom. The van der Waals surface area contributed by atoms with Gasteiger partial charge >= 0.3 is 5.97 Å². The molecule has 7 nitrogen and oxygen atoms in total. The number of hydrogen-bond donors (Lipinski definition) is 3. The molecule has 1 aliphatic carbocycles. The number of carbonyl (C=O) groups excluding carboxylic acids is 2. The molecule has 21 heavy (non-hydrogen) atoms. The maximum Gasteiger partial charge on any atom is 0.307 e. The summed E-state index contributed by atoms with van der Waals surface area (Å²) in [5.74, 6) is -3.46. The van der Waals surface area contributed by atoms with Gasteiger partial charge in [0.2, 0.25) is 5.91 Å². The van der Waals surface area contributed by atoms with Gasteiger partial charge in [-0.05, 0) is 25.0 Å². The first-order valence-corrected chi connectivity index (χ1v) is 6.47. The van der Waals surface area contributed by atoms with Gasteiger partial charge in [-0.1, -0.05) is 12.2 Å². The van der Waals surface area contributed by atoms with Crippen LogP contribution in [0.1, 0.15) is 23.2 Å². The van der Waals surface area contributed by atoms with Crippen molar-refractivity contribution in [3.05, 3.63) is 42.2 Å². The van der Waals surface area contributed by atoms with E-state index >= 15 is 0 Å². The van der Waals surface area contributed by atoms with E-state index in [9.17, 15) is 14.4 Å². The fourth-order valence-corrected chi connectivity index (χ4v) is 2.16. The molecule has 0 aromatic carbocycles. The maximum absolute atomic E-state index is 12.0. The van der Waals surface area contributed by atoms with E-state index in [1.807, 2.05) is 0 Å². The lowest BCUT2D eigenvalue weighted by Gasteiger charge is -2.24. The average Bonchev–Trinajstić information content (AvgIpc) is 2.53. The Morgan fingerprint density at radius 1 is 1.05 bits per heavy atom. The molecular formula is C14H15N3O4. The van der Waals surface area contributed by atoms with Crippen molar-refractivity contribution in [2.75, 3.05) is 0 Å². The second-order valence-electron chi connectivity index (χ2n) is 4.67. The predicted octanol–water partition coefficient (Wildman–Crippen LogP) is 0.510. The minimum Gasteiger partial charge on any atom is -0.481 e. The lowest BCUT2D eigenvalue weighted by Crippen LogP contribution is -2.47. The van der Waals surface area contributed by atoms with Gasteiger partial charge in [0.25, 0.3) is 5.91 Å². The van der Waals surface area contributed by atoms with Crippen molar-refractivity contribution in [1.82, 2.24) is 15.8 Å². The van der Waals surface area contributed by atoms with Gasteiger partial charge in [0.1, 0.15) is 0 Å². The summed E-state index contributed by atoms with van der Waals surface area (Å²) in [7, 11) is 0. The molecule has 3 N–H and O–H groups in total. The smallest absolute Gasteiger partial charge is 0.307 e. The lowest BCUT2D eigenvalue weighted by atomic mass is 9.82. The number of amides is 2. The summed E-state index contributed by atoms with van der Waals surface area (Å²) in [5.41, 5.74) is 4.90. The Morgan fingerprint density at radius 2 is 1.67 bits per heavy atom. The Balaban J connectivity index is 1.94. The van der Waals surface area contributed by atoms with Crippen molar-refractivity contribution in [2.24, 2.45) is 11.8 Å². The van der Waals surface area contributed by atoms with E-state index in [0.717, 1.165) is 0 Å². The number of nitrogens with zero attached hydrogens (tertiary/aromatic N) is 1. The molecule has 0 unspecified atom stereocenters. The second-order valence-corrected chi connectivity index (χ2v) is 4.67.